The Morgan fingerprint density at radius 1 is 1.03 bits per heavy atom. The number of carbonyl (C=O) groups excluding carboxylic acids is 1. The van der Waals surface area contributed by atoms with Crippen LogP contribution in [0, 0.1) is 0 Å². The summed E-state index contributed by atoms with van der Waals surface area (Å²) in [4.78, 5) is 21.1. The summed E-state index contributed by atoms with van der Waals surface area (Å²) < 4.78 is 20.2. The van der Waals surface area contributed by atoms with Gasteiger partial charge in [0.25, 0.3) is 5.95 Å². The lowest BCUT2D eigenvalue weighted by Crippen LogP contribution is -2.34. The Hall–Kier alpha value is -4.47. The van der Waals surface area contributed by atoms with Crippen molar-refractivity contribution in [1.29, 1.82) is 0 Å². The minimum absolute atomic E-state index is 0.251. The predicted molar refractivity (Wildman–Crippen MR) is 134 cm³/mol. The highest BCUT2D eigenvalue weighted by atomic mass is 16.5. The maximum atomic E-state index is 12.0. The zero-order valence-electron chi connectivity index (χ0n) is 20.5. The summed E-state index contributed by atoms with van der Waals surface area (Å²) in [6, 6.07) is 14.1. The van der Waals surface area contributed by atoms with Crippen LogP contribution in [0.1, 0.15) is 31.1 Å². The molecule has 0 aliphatic rings. The van der Waals surface area contributed by atoms with Gasteiger partial charge in [-0.25, -0.2) is 14.5 Å². The van der Waals surface area contributed by atoms with Crippen LogP contribution in [-0.2, 0) is 11.3 Å². The Labute approximate surface area is 207 Å². The van der Waals surface area contributed by atoms with Gasteiger partial charge in [-0.15, -0.1) is 0 Å². The lowest BCUT2D eigenvalue weighted by molar-refractivity contribution is 0.0526. The number of methoxy groups -OCH3 is 1. The van der Waals surface area contributed by atoms with Crippen molar-refractivity contribution in [3.63, 3.8) is 0 Å². The molecule has 0 aliphatic heterocycles. The Bertz CT molecular complexity index is 1550. The van der Waals surface area contributed by atoms with E-state index in [9.17, 15) is 4.79 Å². The molecule has 0 saturated heterocycles. The molecule has 0 aliphatic carbocycles. The molecule has 2 aromatic carbocycles. The molecule has 0 amide bonds. The van der Waals surface area contributed by atoms with Crippen molar-refractivity contribution >= 4 is 27.8 Å². The van der Waals surface area contributed by atoms with Crippen molar-refractivity contribution in [2.45, 2.75) is 32.9 Å². The molecule has 0 spiro atoms. The molecule has 184 valence electrons. The zero-order chi connectivity index (χ0) is 25.3. The number of hydrogen-bond donors (Lipinski definition) is 0. The van der Waals surface area contributed by atoms with Gasteiger partial charge in [0.1, 0.15) is 22.4 Å². The number of esters is 1. The van der Waals surface area contributed by atoms with E-state index in [0.717, 1.165) is 16.5 Å². The number of carbonyl (C=O) groups is 1. The lowest BCUT2D eigenvalue weighted by Gasteiger charge is -2.27. The van der Waals surface area contributed by atoms with Crippen LogP contribution in [0.2, 0.25) is 0 Å². The molecule has 0 fully saturated rings. The molecule has 3 heterocycles. The molecular weight excluding hydrogens is 460 g/mol. The number of nitrogens with zero attached hydrogens (tertiary/aromatic N) is 6. The van der Waals surface area contributed by atoms with Gasteiger partial charge in [0.05, 0.1) is 38.2 Å². The number of ether oxygens (including phenoxy) is 3. The van der Waals surface area contributed by atoms with Crippen molar-refractivity contribution in [3.05, 3.63) is 66.6 Å². The fraction of sp³-hybridized carbons (Fsp3) is 0.269. The van der Waals surface area contributed by atoms with Gasteiger partial charge in [-0.05, 0) is 32.2 Å². The van der Waals surface area contributed by atoms with Crippen LogP contribution in [0.3, 0.4) is 0 Å². The summed E-state index contributed by atoms with van der Waals surface area (Å²) in [6.45, 7) is 6.46. The summed E-state index contributed by atoms with van der Waals surface area (Å²) in [5.74, 6) is 0.927. The molecule has 36 heavy (non-hydrogen) atoms. The highest BCUT2D eigenvalue weighted by Crippen LogP contribution is 2.30. The molecule has 0 N–H and O–H groups in total. The molecule has 10 heteroatoms. The van der Waals surface area contributed by atoms with E-state index in [1.54, 1.807) is 17.8 Å². The first-order valence-corrected chi connectivity index (χ1v) is 11.5. The summed E-state index contributed by atoms with van der Waals surface area (Å²) >= 11 is 0. The van der Waals surface area contributed by atoms with Crippen LogP contribution in [0.5, 0.6) is 11.6 Å². The Morgan fingerprint density at radius 2 is 1.83 bits per heavy atom. The van der Waals surface area contributed by atoms with Crippen LogP contribution in [0.15, 0.2) is 61.1 Å². The first kappa shape index (κ1) is 23.3. The Kier molecular flexibility index (Phi) is 6.01. The average molecular weight is 487 g/mol. The molecule has 0 atom stereocenters. The smallest absolute Gasteiger partial charge is 0.341 e. The minimum atomic E-state index is -0.608. The third-order valence-corrected chi connectivity index (χ3v) is 5.60. The van der Waals surface area contributed by atoms with Crippen molar-refractivity contribution in [2.75, 3.05) is 13.7 Å². The van der Waals surface area contributed by atoms with E-state index >= 15 is 0 Å². The number of rotatable bonds is 8. The summed E-state index contributed by atoms with van der Waals surface area (Å²) in [7, 11) is 1.54. The monoisotopic (exact) mass is 486 g/mol. The normalized spacial score (nSPS) is 11.7. The molecule has 0 radical (unpaired) electrons. The van der Waals surface area contributed by atoms with Gasteiger partial charge in [0.15, 0.2) is 0 Å². The molecule has 5 rings (SSSR count). The third-order valence-electron chi connectivity index (χ3n) is 5.60. The Balaban J connectivity index is 1.45. The largest absolute Gasteiger partial charge is 0.485 e. The highest BCUT2D eigenvalue weighted by molar-refractivity contribution is 5.89. The van der Waals surface area contributed by atoms with Crippen molar-refractivity contribution < 1.29 is 19.0 Å². The Morgan fingerprint density at radius 3 is 2.64 bits per heavy atom. The zero-order valence-corrected chi connectivity index (χ0v) is 20.5. The summed E-state index contributed by atoms with van der Waals surface area (Å²) in [5.41, 5.74) is 0.908. The molecule has 3 aromatic heterocycles. The maximum absolute atomic E-state index is 12.0. The average Bonchev–Trinajstić information content (AvgIpc) is 3.51. The van der Waals surface area contributed by atoms with Crippen LogP contribution < -0.4 is 9.47 Å². The van der Waals surface area contributed by atoms with Crippen LogP contribution in [0.4, 0.5) is 0 Å². The standard InChI is InChI=1S/C26H26N6O4/c1-5-35-24(33)18-13-27-31(15-18)25-29-20-14-28-32(22(20)23(30-25)34-4)16-26(2,3)36-21-12-8-10-17-9-6-7-11-19(17)21/h6-15H,5,16H2,1-4H3. The topological polar surface area (TPSA) is 106 Å². The fourth-order valence-electron chi connectivity index (χ4n) is 4.05. The van der Waals surface area contributed by atoms with E-state index in [4.69, 9.17) is 14.2 Å². The third kappa shape index (κ3) is 4.45. The SMILES string of the molecule is CCOC(=O)c1cnn(-c2nc(OC)c3c(cnn3CC(C)(C)Oc3cccc4ccccc34)n2)c1. The molecule has 0 saturated carbocycles. The number of benzene rings is 2. The molecule has 5 aromatic rings. The lowest BCUT2D eigenvalue weighted by atomic mass is 10.1. The van der Waals surface area contributed by atoms with Gasteiger partial charge in [0, 0.05) is 11.6 Å². The predicted octanol–water partition coefficient (Wildman–Crippen LogP) is 4.21. The van der Waals surface area contributed by atoms with Gasteiger partial charge in [0.2, 0.25) is 5.88 Å². The summed E-state index contributed by atoms with van der Waals surface area (Å²) in [5, 5.41) is 10.9. The van der Waals surface area contributed by atoms with Gasteiger partial charge in [-0.2, -0.15) is 15.2 Å². The number of aromatic nitrogens is 6. The molecule has 10 nitrogen and oxygen atoms in total. The first-order valence-electron chi connectivity index (χ1n) is 11.5. The quantitative estimate of drug-likeness (QED) is 0.300. The van der Waals surface area contributed by atoms with Gasteiger partial charge in [-0.3, -0.25) is 4.68 Å². The highest BCUT2D eigenvalue weighted by Gasteiger charge is 2.25. The second-order valence-corrected chi connectivity index (χ2v) is 8.80. The van der Waals surface area contributed by atoms with Gasteiger partial charge >= 0.3 is 5.97 Å². The van der Waals surface area contributed by atoms with Crippen molar-refractivity contribution in [3.8, 4) is 17.6 Å². The van der Waals surface area contributed by atoms with E-state index in [0.29, 0.717) is 29.0 Å². The van der Waals surface area contributed by atoms with Crippen molar-refractivity contribution in [2.24, 2.45) is 0 Å². The first-order chi connectivity index (χ1) is 17.4. The second kappa shape index (κ2) is 9.29. The van der Waals surface area contributed by atoms with Crippen LogP contribution in [0.25, 0.3) is 27.8 Å². The van der Waals surface area contributed by atoms with Gasteiger partial charge in [-0.1, -0.05) is 36.4 Å². The minimum Gasteiger partial charge on any atom is -0.485 e. The molecular formula is C26H26N6O4. The number of hydrogen-bond acceptors (Lipinski definition) is 8. The van der Waals surface area contributed by atoms with E-state index in [2.05, 4.69) is 32.3 Å². The molecule has 0 bridgehead atoms. The van der Waals surface area contributed by atoms with Crippen LogP contribution >= 0.6 is 0 Å². The number of fused-ring (bicyclic) bond motifs is 2. The van der Waals surface area contributed by atoms with Crippen LogP contribution in [-0.4, -0.2) is 54.8 Å². The van der Waals surface area contributed by atoms with E-state index in [1.165, 1.54) is 24.2 Å². The van der Waals surface area contributed by atoms with E-state index in [1.807, 2.05) is 44.2 Å². The van der Waals surface area contributed by atoms with Gasteiger partial charge < -0.3 is 14.2 Å². The van der Waals surface area contributed by atoms with E-state index in [-0.39, 0.29) is 12.6 Å². The van der Waals surface area contributed by atoms with E-state index < -0.39 is 11.6 Å². The second-order valence-electron chi connectivity index (χ2n) is 8.80. The fourth-order valence-corrected chi connectivity index (χ4v) is 4.05. The maximum Gasteiger partial charge on any atom is 0.341 e. The summed E-state index contributed by atoms with van der Waals surface area (Å²) in [6.07, 6.45) is 4.57. The van der Waals surface area contributed by atoms with Crippen molar-refractivity contribution in [1.82, 2.24) is 29.5 Å². The molecule has 0 unspecified atom stereocenters.